The van der Waals surface area contributed by atoms with Crippen LogP contribution in [0.5, 0.6) is 0 Å². The fourth-order valence-electron chi connectivity index (χ4n) is 1.32. The second-order valence-electron chi connectivity index (χ2n) is 3.14. The lowest BCUT2D eigenvalue weighted by molar-refractivity contribution is 0.970. The van der Waals surface area contributed by atoms with Crippen molar-refractivity contribution in [2.45, 2.75) is 11.3 Å². The molecule has 2 rings (SSSR count). The Kier molecular flexibility index (Phi) is 3.23. The van der Waals surface area contributed by atoms with Gasteiger partial charge >= 0.3 is 0 Å². The maximum atomic E-state index is 4.89. The molecule has 0 radical (unpaired) electrons. The van der Waals surface area contributed by atoms with Gasteiger partial charge < -0.3 is 0 Å². The molecule has 0 unspecified atom stereocenters. The molecule has 1 aromatic heterocycles. The molecule has 3 nitrogen and oxygen atoms in total. The zero-order valence-electron chi connectivity index (χ0n) is 8.28. The highest BCUT2D eigenvalue weighted by Crippen LogP contribution is 2.15. The number of benzene rings is 1. The fourth-order valence-corrected chi connectivity index (χ4v) is 1.89. The highest BCUT2D eigenvalue weighted by molar-refractivity contribution is 7.98. The van der Waals surface area contributed by atoms with Gasteiger partial charge in [-0.2, -0.15) is 0 Å². The SMILES string of the molecule is CSc1ccc(Cc2nc(=S)[nH][nH]2)cc1. The molecule has 0 fully saturated rings. The average Bonchev–Trinajstić information content (AvgIpc) is 2.65. The van der Waals surface area contributed by atoms with E-state index in [0.717, 1.165) is 12.2 Å². The second kappa shape index (κ2) is 4.63. The van der Waals surface area contributed by atoms with Crippen LogP contribution in [0.1, 0.15) is 11.4 Å². The van der Waals surface area contributed by atoms with Crippen molar-refractivity contribution in [3.05, 3.63) is 40.4 Å². The molecule has 78 valence electrons. The quantitative estimate of drug-likeness (QED) is 0.637. The highest BCUT2D eigenvalue weighted by Gasteiger charge is 1.99. The molecule has 1 aromatic carbocycles. The molecule has 0 spiro atoms. The molecule has 15 heavy (non-hydrogen) atoms. The van der Waals surface area contributed by atoms with E-state index in [2.05, 4.69) is 45.7 Å². The van der Waals surface area contributed by atoms with Gasteiger partial charge in [0, 0.05) is 11.3 Å². The molecular weight excluding hydrogens is 226 g/mol. The zero-order chi connectivity index (χ0) is 10.7. The number of nitrogens with zero attached hydrogens (tertiary/aromatic N) is 1. The van der Waals surface area contributed by atoms with E-state index in [0.29, 0.717) is 4.77 Å². The first-order valence-corrected chi connectivity index (χ1v) is 6.18. The van der Waals surface area contributed by atoms with Crippen LogP contribution >= 0.6 is 24.0 Å². The van der Waals surface area contributed by atoms with Crippen molar-refractivity contribution in [1.29, 1.82) is 0 Å². The van der Waals surface area contributed by atoms with Gasteiger partial charge in [-0.15, -0.1) is 11.8 Å². The number of nitrogens with one attached hydrogen (secondary N) is 2. The lowest BCUT2D eigenvalue weighted by atomic mass is 10.1. The molecule has 5 heteroatoms. The summed E-state index contributed by atoms with van der Waals surface area (Å²) in [6, 6.07) is 8.44. The molecule has 0 aliphatic rings. The summed E-state index contributed by atoms with van der Waals surface area (Å²) in [5, 5.41) is 5.72. The standard InChI is InChI=1S/C10H11N3S2/c1-15-8-4-2-7(3-5-8)6-9-11-10(14)13-12-9/h2-5H,6H2,1H3,(H2,11,12,13,14). The number of rotatable bonds is 3. The van der Waals surface area contributed by atoms with Gasteiger partial charge in [-0.25, -0.2) is 4.98 Å². The van der Waals surface area contributed by atoms with E-state index in [1.54, 1.807) is 11.8 Å². The predicted octanol–water partition coefficient (Wildman–Crippen LogP) is 2.78. The van der Waals surface area contributed by atoms with E-state index in [9.17, 15) is 0 Å². The Morgan fingerprint density at radius 2 is 2.00 bits per heavy atom. The van der Waals surface area contributed by atoms with Gasteiger partial charge in [0.25, 0.3) is 0 Å². The summed E-state index contributed by atoms with van der Waals surface area (Å²) in [6.45, 7) is 0. The Labute approximate surface area is 97.3 Å². The maximum absolute atomic E-state index is 4.89. The van der Waals surface area contributed by atoms with Gasteiger partial charge in [-0.1, -0.05) is 12.1 Å². The van der Waals surface area contributed by atoms with Crippen molar-refractivity contribution in [1.82, 2.24) is 15.2 Å². The van der Waals surface area contributed by atoms with Crippen LogP contribution in [-0.4, -0.2) is 21.4 Å². The van der Waals surface area contributed by atoms with Gasteiger partial charge in [0.05, 0.1) is 0 Å². The Morgan fingerprint density at radius 3 is 2.53 bits per heavy atom. The van der Waals surface area contributed by atoms with Crippen LogP contribution in [0.3, 0.4) is 0 Å². The fraction of sp³-hybridized carbons (Fsp3) is 0.200. The van der Waals surface area contributed by atoms with Crippen molar-refractivity contribution in [2.75, 3.05) is 6.26 Å². The third-order valence-electron chi connectivity index (χ3n) is 2.08. The third kappa shape index (κ3) is 2.70. The monoisotopic (exact) mass is 237 g/mol. The third-order valence-corrected chi connectivity index (χ3v) is 3.02. The second-order valence-corrected chi connectivity index (χ2v) is 4.40. The van der Waals surface area contributed by atoms with Crippen LogP contribution in [0.15, 0.2) is 29.2 Å². The van der Waals surface area contributed by atoms with Crippen molar-refractivity contribution in [2.24, 2.45) is 0 Å². The summed E-state index contributed by atoms with van der Waals surface area (Å²) in [6.07, 6.45) is 2.85. The van der Waals surface area contributed by atoms with Gasteiger partial charge in [0.1, 0.15) is 5.82 Å². The molecule has 2 aromatic rings. The Hall–Kier alpha value is -1.07. The summed E-state index contributed by atoms with van der Waals surface area (Å²) in [7, 11) is 0. The van der Waals surface area contributed by atoms with Crippen molar-refractivity contribution >= 4 is 24.0 Å². The smallest absolute Gasteiger partial charge is 0.213 e. The highest BCUT2D eigenvalue weighted by atomic mass is 32.2. The van der Waals surface area contributed by atoms with Gasteiger partial charge in [0.2, 0.25) is 4.77 Å². The van der Waals surface area contributed by atoms with Gasteiger partial charge in [-0.3, -0.25) is 10.2 Å². The van der Waals surface area contributed by atoms with Crippen molar-refractivity contribution < 1.29 is 0 Å². The van der Waals surface area contributed by atoms with Crippen LogP contribution in [0.4, 0.5) is 0 Å². The molecule has 0 bridgehead atoms. The molecule has 0 aliphatic carbocycles. The van der Waals surface area contributed by atoms with E-state index < -0.39 is 0 Å². The summed E-state index contributed by atoms with van der Waals surface area (Å²) >= 11 is 6.63. The molecule has 1 heterocycles. The van der Waals surface area contributed by atoms with E-state index in [1.165, 1.54) is 10.5 Å². The number of aromatic amines is 2. The molecular formula is C10H11N3S2. The van der Waals surface area contributed by atoms with Crippen molar-refractivity contribution in [3.63, 3.8) is 0 Å². The lowest BCUT2D eigenvalue weighted by Gasteiger charge is -1.99. The van der Waals surface area contributed by atoms with Gasteiger partial charge in [0.15, 0.2) is 0 Å². The van der Waals surface area contributed by atoms with Crippen LogP contribution in [-0.2, 0) is 6.42 Å². The molecule has 0 saturated carbocycles. The van der Waals surface area contributed by atoms with E-state index in [4.69, 9.17) is 12.2 Å². The lowest BCUT2D eigenvalue weighted by Crippen LogP contribution is -1.90. The zero-order valence-corrected chi connectivity index (χ0v) is 9.91. The van der Waals surface area contributed by atoms with Crippen LogP contribution in [0.2, 0.25) is 0 Å². The predicted molar refractivity (Wildman–Crippen MR) is 64.8 cm³/mol. The summed E-state index contributed by atoms with van der Waals surface area (Å²) < 4.78 is 0.505. The first kappa shape index (κ1) is 10.4. The van der Waals surface area contributed by atoms with E-state index >= 15 is 0 Å². The topological polar surface area (TPSA) is 44.5 Å². The Morgan fingerprint density at radius 1 is 1.27 bits per heavy atom. The minimum Gasteiger partial charge on any atom is -0.285 e. The van der Waals surface area contributed by atoms with E-state index in [1.807, 2.05) is 0 Å². The number of thioether (sulfide) groups is 1. The van der Waals surface area contributed by atoms with Crippen LogP contribution in [0.25, 0.3) is 0 Å². The minimum atomic E-state index is 0.505. The molecule has 2 N–H and O–H groups in total. The summed E-state index contributed by atoms with van der Waals surface area (Å²) in [5.41, 5.74) is 1.23. The molecule has 0 aliphatic heterocycles. The van der Waals surface area contributed by atoms with Crippen LogP contribution < -0.4 is 0 Å². The summed E-state index contributed by atoms with van der Waals surface area (Å²) in [4.78, 5) is 5.42. The Balaban J connectivity index is 2.14. The maximum Gasteiger partial charge on any atom is 0.213 e. The van der Waals surface area contributed by atoms with Gasteiger partial charge in [-0.05, 0) is 36.2 Å². The van der Waals surface area contributed by atoms with E-state index in [-0.39, 0.29) is 0 Å². The normalized spacial score (nSPS) is 10.5. The van der Waals surface area contributed by atoms with Crippen molar-refractivity contribution in [3.8, 4) is 0 Å². The number of hydrogen-bond acceptors (Lipinski definition) is 3. The van der Waals surface area contributed by atoms with Crippen LogP contribution in [0, 0.1) is 4.77 Å². The summed E-state index contributed by atoms with van der Waals surface area (Å²) in [5.74, 6) is 0.872. The first-order chi connectivity index (χ1) is 7.28. The Bertz CT molecular complexity index is 484. The molecule has 0 amide bonds. The molecule has 0 saturated heterocycles. The number of hydrogen-bond donors (Lipinski definition) is 2. The number of H-pyrrole nitrogens is 2. The molecule has 0 atom stereocenters. The average molecular weight is 237 g/mol. The minimum absolute atomic E-state index is 0.505. The largest absolute Gasteiger partial charge is 0.285 e. The first-order valence-electron chi connectivity index (χ1n) is 4.54. The number of aromatic nitrogens is 3.